The molecule has 142 valence electrons. The molecule has 0 saturated heterocycles. The van der Waals surface area contributed by atoms with Crippen LogP contribution in [-0.2, 0) is 14.6 Å². The van der Waals surface area contributed by atoms with Crippen molar-refractivity contribution in [2.75, 3.05) is 6.26 Å². The quantitative estimate of drug-likeness (QED) is 0.310. The van der Waals surface area contributed by atoms with E-state index in [2.05, 4.69) is 0 Å². The number of benzene rings is 2. The highest BCUT2D eigenvalue weighted by atomic mass is 35.5. The maximum atomic E-state index is 12.3. The fraction of sp³-hybridized carbons (Fsp3) is 0.176. The van der Waals surface area contributed by atoms with Gasteiger partial charge in [-0.2, -0.15) is 0 Å². The molecule has 0 amide bonds. The van der Waals surface area contributed by atoms with Crippen LogP contribution in [0.5, 0.6) is 0 Å². The third-order valence-corrected chi connectivity index (χ3v) is 4.97. The second-order valence-electron chi connectivity index (χ2n) is 5.63. The minimum absolute atomic E-state index is 0.246. The summed E-state index contributed by atoms with van der Waals surface area (Å²) in [6, 6.07) is 8.81. The van der Waals surface area contributed by atoms with Gasteiger partial charge in [-0.15, -0.1) is 0 Å². The van der Waals surface area contributed by atoms with Gasteiger partial charge in [-0.25, -0.2) is 13.2 Å². The summed E-state index contributed by atoms with van der Waals surface area (Å²) < 4.78 is 28.3. The number of carbonyl (C=O) groups is 2. The standard InChI is InChI=1S/C17H14ClNO7S/c1-10(16(20)11-3-6-13(18)7-4-11)26-17(21)12-5-8-15(27(2,24)25)14(9-12)19(22)23/h3-10H,1-2H3/t10-/m0/s1. The normalized spacial score (nSPS) is 12.3. The second-order valence-corrected chi connectivity index (χ2v) is 8.05. The van der Waals surface area contributed by atoms with Crippen molar-refractivity contribution in [3.8, 4) is 0 Å². The summed E-state index contributed by atoms with van der Waals surface area (Å²) in [5.41, 5.74) is -0.716. The van der Waals surface area contributed by atoms with E-state index in [1.807, 2.05) is 0 Å². The van der Waals surface area contributed by atoms with Gasteiger partial charge in [0, 0.05) is 22.9 Å². The molecule has 0 aliphatic heterocycles. The van der Waals surface area contributed by atoms with E-state index in [9.17, 15) is 28.1 Å². The molecule has 0 bridgehead atoms. The van der Waals surface area contributed by atoms with Gasteiger partial charge in [0.1, 0.15) is 4.90 Å². The maximum absolute atomic E-state index is 12.3. The van der Waals surface area contributed by atoms with Crippen LogP contribution >= 0.6 is 11.6 Å². The van der Waals surface area contributed by atoms with E-state index < -0.39 is 43.2 Å². The summed E-state index contributed by atoms with van der Waals surface area (Å²) in [6.45, 7) is 1.36. The van der Waals surface area contributed by atoms with Gasteiger partial charge in [-0.05, 0) is 43.3 Å². The molecular weight excluding hydrogens is 398 g/mol. The van der Waals surface area contributed by atoms with Gasteiger partial charge in [0.05, 0.1) is 10.5 Å². The Balaban J connectivity index is 2.25. The topological polar surface area (TPSA) is 121 Å². The molecule has 1 atom stereocenters. The van der Waals surface area contributed by atoms with Crippen LogP contribution in [0.25, 0.3) is 0 Å². The Morgan fingerprint density at radius 3 is 2.19 bits per heavy atom. The molecule has 0 radical (unpaired) electrons. The molecule has 8 nitrogen and oxygen atoms in total. The van der Waals surface area contributed by atoms with Crippen molar-refractivity contribution in [1.29, 1.82) is 0 Å². The summed E-state index contributed by atoms with van der Waals surface area (Å²) in [5.74, 6) is -1.48. The lowest BCUT2D eigenvalue weighted by Gasteiger charge is -2.12. The number of Topliss-reactive ketones (excluding diaryl/α,β-unsaturated/α-hetero) is 1. The number of nitro groups is 1. The number of ether oxygens (including phenoxy) is 1. The number of rotatable bonds is 6. The summed E-state index contributed by atoms with van der Waals surface area (Å²) in [7, 11) is -3.86. The number of carbonyl (C=O) groups excluding carboxylic acids is 2. The molecular formula is C17H14ClNO7S. The average Bonchev–Trinajstić information content (AvgIpc) is 2.60. The number of nitro benzene ring substituents is 1. The smallest absolute Gasteiger partial charge is 0.339 e. The number of hydrogen-bond acceptors (Lipinski definition) is 7. The summed E-state index contributed by atoms with van der Waals surface area (Å²) >= 11 is 5.75. The summed E-state index contributed by atoms with van der Waals surface area (Å²) in [5, 5.41) is 11.5. The van der Waals surface area contributed by atoms with Crippen LogP contribution in [-0.4, -0.2) is 37.5 Å². The van der Waals surface area contributed by atoms with E-state index >= 15 is 0 Å². The lowest BCUT2D eigenvalue weighted by molar-refractivity contribution is -0.387. The monoisotopic (exact) mass is 411 g/mol. The molecule has 0 spiro atoms. The largest absolute Gasteiger partial charge is 0.451 e. The first kappa shape index (κ1) is 20.5. The molecule has 27 heavy (non-hydrogen) atoms. The minimum atomic E-state index is -3.86. The van der Waals surface area contributed by atoms with Crippen LogP contribution in [0.2, 0.25) is 5.02 Å². The predicted octanol–water partition coefficient (Wildman–Crippen LogP) is 3.08. The number of nitrogens with zero attached hydrogens (tertiary/aromatic N) is 1. The Morgan fingerprint density at radius 1 is 1.11 bits per heavy atom. The number of esters is 1. The first-order valence-corrected chi connectivity index (χ1v) is 9.77. The fourth-order valence-corrected chi connectivity index (χ4v) is 3.19. The third-order valence-electron chi connectivity index (χ3n) is 3.57. The molecule has 2 aromatic carbocycles. The molecule has 0 heterocycles. The van der Waals surface area contributed by atoms with Gasteiger partial charge in [0.2, 0.25) is 5.78 Å². The Hall–Kier alpha value is -2.78. The van der Waals surface area contributed by atoms with Crippen molar-refractivity contribution in [3.05, 3.63) is 68.7 Å². The molecule has 10 heteroatoms. The Bertz CT molecular complexity index is 1020. The zero-order valence-corrected chi connectivity index (χ0v) is 15.8. The van der Waals surface area contributed by atoms with Crippen molar-refractivity contribution in [2.24, 2.45) is 0 Å². The van der Waals surface area contributed by atoms with Gasteiger partial charge in [-0.1, -0.05) is 11.6 Å². The molecule has 0 saturated carbocycles. The first-order valence-electron chi connectivity index (χ1n) is 7.50. The Labute approximate surface area is 159 Å². The van der Waals surface area contributed by atoms with Crippen LogP contribution in [0.15, 0.2) is 47.4 Å². The molecule has 0 aliphatic carbocycles. The lowest BCUT2D eigenvalue weighted by Crippen LogP contribution is -2.24. The maximum Gasteiger partial charge on any atom is 0.339 e. The zero-order chi connectivity index (χ0) is 20.4. The van der Waals surface area contributed by atoms with Gasteiger partial charge >= 0.3 is 5.97 Å². The van der Waals surface area contributed by atoms with Crippen LogP contribution in [0.3, 0.4) is 0 Å². The molecule has 2 aromatic rings. The Kier molecular flexibility index (Phi) is 5.97. The lowest BCUT2D eigenvalue weighted by atomic mass is 10.1. The van der Waals surface area contributed by atoms with Gasteiger partial charge < -0.3 is 4.74 Å². The van der Waals surface area contributed by atoms with E-state index in [-0.39, 0.29) is 11.1 Å². The number of hydrogen-bond donors (Lipinski definition) is 0. The molecule has 0 aromatic heterocycles. The number of sulfone groups is 1. The fourth-order valence-electron chi connectivity index (χ4n) is 2.23. The average molecular weight is 412 g/mol. The highest BCUT2D eigenvalue weighted by Crippen LogP contribution is 2.25. The minimum Gasteiger partial charge on any atom is -0.451 e. The number of ketones is 1. The van der Waals surface area contributed by atoms with E-state index in [1.165, 1.54) is 31.2 Å². The van der Waals surface area contributed by atoms with Crippen molar-refractivity contribution in [2.45, 2.75) is 17.9 Å². The molecule has 0 N–H and O–H groups in total. The summed E-state index contributed by atoms with van der Waals surface area (Å²) in [6.07, 6.45) is -0.340. The van der Waals surface area contributed by atoms with Gasteiger partial charge in [-0.3, -0.25) is 14.9 Å². The van der Waals surface area contributed by atoms with E-state index in [0.717, 1.165) is 24.5 Å². The van der Waals surface area contributed by atoms with Crippen LogP contribution in [0.4, 0.5) is 5.69 Å². The van der Waals surface area contributed by atoms with Crippen molar-refractivity contribution in [1.82, 2.24) is 0 Å². The highest BCUT2D eigenvalue weighted by Gasteiger charge is 2.26. The van der Waals surface area contributed by atoms with Crippen LogP contribution in [0, 0.1) is 10.1 Å². The van der Waals surface area contributed by atoms with Crippen LogP contribution < -0.4 is 0 Å². The SMILES string of the molecule is C[C@H](OC(=O)c1ccc(S(C)(=O)=O)c([N+](=O)[O-])c1)C(=O)c1ccc(Cl)cc1. The molecule has 0 aliphatic rings. The van der Waals surface area contributed by atoms with Crippen molar-refractivity contribution in [3.63, 3.8) is 0 Å². The predicted molar refractivity (Wildman–Crippen MR) is 96.9 cm³/mol. The van der Waals surface area contributed by atoms with Gasteiger partial charge in [0.15, 0.2) is 15.9 Å². The molecule has 2 rings (SSSR count). The van der Waals surface area contributed by atoms with Crippen LogP contribution in [0.1, 0.15) is 27.6 Å². The Morgan fingerprint density at radius 2 is 1.67 bits per heavy atom. The second kappa shape index (κ2) is 7.85. The first-order chi connectivity index (χ1) is 12.5. The van der Waals surface area contributed by atoms with E-state index in [0.29, 0.717) is 5.02 Å². The molecule has 0 unspecified atom stereocenters. The van der Waals surface area contributed by atoms with Crippen molar-refractivity contribution < 1.29 is 27.7 Å². The van der Waals surface area contributed by atoms with E-state index in [4.69, 9.17) is 16.3 Å². The number of halogens is 1. The van der Waals surface area contributed by atoms with Gasteiger partial charge in [0.25, 0.3) is 5.69 Å². The van der Waals surface area contributed by atoms with E-state index in [1.54, 1.807) is 0 Å². The molecule has 0 fully saturated rings. The highest BCUT2D eigenvalue weighted by molar-refractivity contribution is 7.90. The summed E-state index contributed by atoms with van der Waals surface area (Å²) in [4.78, 5) is 34.2. The zero-order valence-electron chi connectivity index (χ0n) is 14.2. The third kappa shape index (κ3) is 4.89. The van der Waals surface area contributed by atoms with Crippen molar-refractivity contribution >= 4 is 38.9 Å².